The SMILES string of the molecule is CCCC[C@H](Cc1ccccn1)OC(=O)[C@H](C)Sc1nncn1C. The van der Waals surface area contributed by atoms with Gasteiger partial charge in [0.2, 0.25) is 0 Å². The van der Waals surface area contributed by atoms with Crippen molar-refractivity contribution in [1.29, 1.82) is 0 Å². The summed E-state index contributed by atoms with van der Waals surface area (Å²) < 4.78 is 7.54. The van der Waals surface area contributed by atoms with Crippen LogP contribution < -0.4 is 0 Å². The number of nitrogens with zero attached hydrogens (tertiary/aromatic N) is 4. The molecule has 0 radical (unpaired) electrons. The third-order valence-electron chi connectivity index (χ3n) is 3.61. The molecule has 0 N–H and O–H groups in total. The molecule has 7 heteroatoms. The van der Waals surface area contributed by atoms with E-state index in [1.54, 1.807) is 17.1 Å². The van der Waals surface area contributed by atoms with Crippen LogP contribution in [0.2, 0.25) is 0 Å². The lowest BCUT2D eigenvalue weighted by atomic mass is 10.1. The number of unbranched alkanes of at least 4 members (excludes halogenated alkanes) is 1. The molecule has 2 aromatic rings. The van der Waals surface area contributed by atoms with E-state index in [0.29, 0.717) is 11.6 Å². The van der Waals surface area contributed by atoms with Gasteiger partial charge in [0.1, 0.15) is 17.7 Å². The number of ether oxygens (including phenoxy) is 1. The van der Waals surface area contributed by atoms with Gasteiger partial charge < -0.3 is 9.30 Å². The molecule has 24 heavy (non-hydrogen) atoms. The maximum absolute atomic E-state index is 12.4. The van der Waals surface area contributed by atoms with Gasteiger partial charge in [-0.25, -0.2) is 0 Å². The number of pyridine rings is 1. The van der Waals surface area contributed by atoms with Gasteiger partial charge in [0.05, 0.1) is 0 Å². The summed E-state index contributed by atoms with van der Waals surface area (Å²) in [5.74, 6) is -0.222. The van der Waals surface area contributed by atoms with Gasteiger partial charge in [0, 0.05) is 25.4 Å². The Morgan fingerprint density at radius 3 is 2.88 bits per heavy atom. The van der Waals surface area contributed by atoms with Crippen LogP contribution in [-0.2, 0) is 23.0 Å². The van der Waals surface area contributed by atoms with E-state index < -0.39 is 0 Å². The molecule has 2 atom stereocenters. The fraction of sp³-hybridized carbons (Fsp3) is 0.529. The molecule has 2 aromatic heterocycles. The fourth-order valence-corrected chi connectivity index (χ4v) is 3.01. The lowest BCUT2D eigenvalue weighted by Crippen LogP contribution is -2.26. The zero-order valence-corrected chi connectivity index (χ0v) is 15.2. The Bertz CT molecular complexity index is 633. The highest BCUT2D eigenvalue weighted by Gasteiger charge is 2.22. The molecule has 2 heterocycles. The minimum absolute atomic E-state index is 0.144. The minimum Gasteiger partial charge on any atom is -0.461 e. The number of hydrogen-bond acceptors (Lipinski definition) is 6. The van der Waals surface area contributed by atoms with E-state index in [1.165, 1.54) is 11.8 Å². The summed E-state index contributed by atoms with van der Waals surface area (Å²) in [6.45, 7) is 3.96. The molecule has 0 aliphatic heterocycles. The Hall–Kier alpha value is -1.89. The predicted molar refractivity (Wildman–Crippen MR) is 93.7 cm³/mol. The fourth-order valence-electron chi connectivity index (χ4n) is 2.23. The summed E-state index contributed by atoms with van der Waals surface area (Å²) in [6.07, 6.45) is 6.82. The molecule has 130 valence electrons. The average Bonchev–Trinajstić information content (AvgIpc) is 2.98. The van der Waals surface area contributed by atoms with Crippen molar-refractivity contribution in [3.63, 3.8) is 0 Å². The van der Waals surface area contributed by atoms with Crippen LogP contribution in [0.3, 0.4) is 0 Å². The van der Waals surface area contributed by atoms with Gasteiger partial charge in [-0.15, -0.1) is 10.2 Å². The quantitative estimate of drug-likeness (QED) is 0.512. The number of carbonyl (C=O) groups excluding carboxylic acids is 1. The maximum atomic E-state index is 12.4. The smallest absolute Gasteiger partial charge is 0.319 e. The van der Waals surface area contributed by atoms with Gasteiger partial charge in [0.25, 0.3) is 0 Å². The molecule has 0 amide bonds. The summed E-state index contributed by atoms with van der Waals surface area (Å²) in [5.41, 5.74) is 0.944. The van der Waals surface area contributed by atoms with Crippen molar-refractivity contribution < 1.29 is 9.53 Å². The minimum atomic E-state index is -0.333. The Labute approximate surface area is 147 Å². The third-order valence-corrected chi connectivity index (χ3v) is 4.74. The van der Waals surface area contributed by atoms with Crippen LogP contribution in [0.5, 0.6) is 0 Å². The number of esters is 1. The summed E-state index contributed by atoms with van der Waals surface area (Å²) in [7, 11) is 1.85. The Kier molecular flexibility index (Phi) is 7.24. The maximum Gasteiger partial charge on any atom is 0.319 e. The first kappa shape index (κ1) is 18.4. The molecule has 0 spiro atoms. The summed E-state index contributed by atoms with van der Waals surface area (Å²) >= 11 is 1.36. The van der Waals surface area contributed by atoms with Crippen LogP contribution in [0.1, 0.15) is 38.8 Å². The first-order valence-corrected chi connectivity index (χ1v) is 9.09. The molecular formula is C17H24N4O2S. The van der Waals surface area contributed by atoms with E-state index in [1.807, 2.05) is 32.2 Å². The van der Waals surface area contributed by atoms with Crippen molar-refractivity contribution in [3.05, 3.63) is 36.4 Å². The molecule has 0 bridgehead atoms. The van der Waals surface area contributed by atoms with E-state index >= 15 is 0 Å². The molecule has 0 aromatic carbocycles. The van der Waals surface area contributed by atoms with Crippen molar-refractivity contribution >= 4 is 17.7 Å². The van der Waals surface area contributed by atoms with Crippen LogP contribution in [0.4, 0.5) is 0 Å². The average molecular weight is 348 g/mol. The molecule has 6 nitrogen and oxygen atoms in total. The normalized spacial score (nSPS) is 13.5. The standard InChI is InChI=1S/C17H24N4O2S/c1-4-5-9-15(11-14-8-6-7-10-18-14)23-16(22)13(2)24-17-20-19-12-21(17)3/h6-8,10,12-13,15H,4-5,9,11H2,1-3H3/t13-,15+/m0/s1. The van der Waals surface area contributed by atoms with E-state index in [0.717, 1.165) is 25.0 Å². The Morgan fingerprint density at radius 1 is 1.42 bits per heavy atom. The van der Waals surface area contributed by atoms with Gasteiger partial charge in [-0.2, -0.15) is 0 Å². The number of aromatic nitrogens is 4. The van der Waals surface area contributed by atoms with Gasteiger partial charge in [-0.3, -0.25) is 9.78 Å². The molecule has 0 fully saturated rings. The second-order valence-corrected chi connectivity index (χ2v) is 7.02. The van der Waals surface area contributed by atoms with E-state index in [2.05, 4.69) is 22.1 Å². The highest BCUT2D eigenvalue weighted by Crippen LogP contribution is 2.22. The lowest BCUT2D eigenvalue weighted by Gasteiger charge is -2.19. The van der Waals surface area contributed by atoms with Gasteiger partial charge in [-0.1, -0.05) is 37.6 Å². The van der Waals surface area contributed by atoms with Crippen molar-refractivity contribution in [2.75, 3.05) is 0 Å². The van der Waals surface area contributed by atoms with Crippen molar-refractivity contribution in [1.82, 2.24) is 19.7 Å². The first-order valence-electron chi connectivity index (χ1n) is 8.21. The van der Waals surface area contributed by atoms with E-state index in [4.69, 9.17) is 4.74 Å². The highest BCUT2D eigenvalue weighted by molar-refractivity contribution is 8.00. The van der Waals surface area contributed by atoms with Gasteiger partial charge in [0.15, 0.2) is 5.16 Å². The summed E-state index contributed by atoms with van der Waals surface area (Å²) in [5, 5.41) is 8.19. The zero-order valence-electron chi connectivity index (χ0n) is 14.4. The number of hydrogen-bond donors (Lipinski definition) is 0. The molecule has 0 saturated carbocycles. The monoisotopic (exact) mass is 348 g/mol. The second-order valence-electron chi connectivity index (χ2n) is 5.71. The number of rotatable bonds is 9. The summed E-state index contributed by atoms with van der Waals surface area (Å²) in [6, 6.07) is 5.80. The second kappa shape index (κ2) is 9.42. The predicted octanol–water partition coefficient (Wildman–Crippen LogP) is 3.04. The Morgan fingerprint density at radius 2 is 2.25 bits per heavy atom. The topological polar surface area (TPSA) is 69.9 Å². The molecule has 0 aliphatic carbocycles. The van der Waals surface area contributed by atoms with Gasteiger partial charge in [-0.05, 0) is 25.5 Å². The summed E-state index contributed by atoms with van der Waals surface area (Å²) in [4.78, 5) is 16.8. The van der Waals surface area contributed by atoms with Crippen LogP contribution in [-0.4, -0.2) is 37.1 Å². The van der Waals surface area contributed by atoms with E-state index in [-0.39, 0.29) is 17.3 Å². The van der Waals surface area contributed by atoms with Crippen molar-refractivity contribution in [2.24, 2.45) is 7.05 Å². The van der Waals surface area contributed by atoms with Crippen molar-refractivity contribution in [3.8, 4) is 0 Å². The Balaban J connectivity index is 1.94. The van der Waals surface area contributed by atoms with Crippen LogP contribution in [0.15, 0.2) is 35.9 Å². The van der Waals surface area contributed by atoms with Crippen LogP contribution >= 0.6 is 11.8 Å². The van der Waals surface area contributed by atoms with Gasteiger partial charge >= 0.3 is 5.97 Å². The molecule has 2 rings (SSSR count). The van der Waals surface area contributed by atoms with Crippen molar-refractivity contribution in [2.45, 2.75) is 56.0 Å². The number of carbonyl (C=O) groups is 1. The third kappa shape index (κ3) is 5.63. The largest absolute Gasteiger partial charge is 0.461 e. The molecular weight excluding hydrogens is 324 g/mol. The van der Waals surface area contributed by atoms with Crippen LogP contribution in [0, 0.1) is 0 Å². The highest BCUT2D eigenvalue weighted by atomic mass is 32.2. The first-order chi connectivity index (χ1) is 11.6. The molecule has 0 aliphatic rings. The van der Waals surface area contributed by atoms with E-state index in [9.17, 15) is 4.79 Å². The number of aryl methyl sites for hydroxylation is 1. The molecule has 0 saturated heterocycles. The number of thioether (sulfide) groups is 1. The van der Waals surface area contributed by atoms with Crippen LogP contribution in [0.25, 0.3) is 0 Å². The molecule has 0 unspecified atom stereocenters. The lowest BCUT2D eigenvalue weighted by molar-refractivity contribution is -0.148. The zero-order chi connectivity index (χ0) is 17.4.